The van der Waals surface area contributed by atoms with Crippen molar-refractivity contribution in [1.29, 1.82) is 0 Å². The standard InChI is InChI=1S/C23H31NO3/c1-4-13-26-17-20-11-8-12-22(14-20)27-18-21(25)16-24-23(2,3)15-19-9-6-5-7-10-19/h4-12,14,21,24-25H,1,13,15-18H2,2-3H3. The number of ether oxygens (including phenoxy) is 2. The van der Waals surface area contributed by atoms with Gasteiger partial charge in [-0.3, -0.25) is 0 Å². The van der Waals surface area contributed by atoms with Crippen molar-refractivity contribution >= 4 is 0 Å². The second kappa shape index (κ2) is 10.9. The molecule has 2 aromatic rings. The molecular weight excluding hydrogens is 338 g/mol. The van der Waals surface area contributed by atoms with Gasteiger partial charge in [0.05, 0.1) is 13.2 Å². The Morgan fingerprint density at radius 2 is 1.85 bits per heavy atom. The molecule has 0 fully saturated rings. The Morgan fingerprint density at radius 3 is 2.59 bits per heavy atom. The van der Waals surface area contributed by atoms with E-state index in [1.807, 2.05) is 42.5 Å². The van der Waals surface area contributed by atoms with Gasteiger partial charge >= 0.3 is 0 Å². The van der Waals surface area contributed by atoms with E-state index >= 15 is 0 Å². The normalized spacial score (nSPS) is 12.6. The van der Waals surface area contributed by atoms with Gasteiger partial charge in [0.25, 0.3) is 0 Å². The Hall–Kier alpha value is -2.14. The number of β-amino-alcohol motifs (C(OH)–C–C–N with tert-alkyl or cyclic N) is 1. The molecule has 0 aromatic heterocycles. The van der Waals surface area contributed by atoms with Gasteiger partial charge in [-0.25, -0.2) is 0 Å². The number of aliphatic hydroxyl groups is 1. The minimum atomic E-state index is -0.583. The fourth-order valence-electron chi connectivity index (χ4n) is 2.80. The molecule has 0 aliphatic rings. The Balaban J connectivity index is 1.74. The van der Waals surface area contributed by atoms with Crippen LogP contribution in [0, 0.1) is 0 Å². The number of hydrogen-bond donors (Lipinski definition) is 2. The highest BCUT2D eigenvalue weighted by Gasteiger charge is 2.19. The zero-order valence-corrected chi connectivity index (χ0v) is 16.4. The van der Waals surface area contributed by atoms with Crippen LogP contribution in [-0.2, 0) is 17.8 Å². The van der Waals surface area contributed by atoms with E-state index in [-0.39, 0.29) is 12.1 Å². The number of hydrogen-bond acceptors (Lipinski definition) is 4. The highest BCUT2D eigenvalue weighted by Crippen LogP contribution is 2.15. The van der Waals surface area contributed by atoms with Crippen molar-refractivity contribution in [2.75, 3.05) is 19.8 Å². The van der Waals surface area contributed by atoms with Gasteiger partial charge in [-0.15, -0.1) is 6.58 Å². The van der Waals surface area contributed by atoms with E-state index in [0.29, 0.717) is 19.8 Å². The van der Waals surface area contributed by atoms with E-state index in [2.05, 4.69) is 37.9 Å². The van der Waals surface area contributed by atoms with Crippen LogP contribution in [0.2, 0.25) is 0 Å². The lowest BCUT2D eigenvalue weighted by molar-refractivity contribution is 0.0985. The third-order valence-electron chi connectivity index (χ3n) is 4.15. The molecule has 0 saturated heterocycles. The van der Waals surface area contributed by atoms with Crippen LogP contribution in [0.15, 0.2) is 67.3 Å². The second-order valence-corrected chi connectivity index (χ2v) is 7.34. The first-order valence-electron chi connectivity index (χ1n) is 9.36. The van der Waals surface area contributed by atoms with Crippen LogP contribution in [0.25, 0.3) is 0 Å². The van der Waals surface area contributed by atoms with Gasteiger partial charge in [0, 0.05) is 12.1 Å². The van der Waals surface area contributed by atoms with Gasteiger partial charge < -0.3 is 19.9 Å². The topological polar surface area (TPSA) is 50.7 Å². The highest BCUT2D eigenvalue weighted by molar-refractivity contribution is 5.28. The van der Waals surface area contributed by atoms with Crippen LogP contribution >= 0.6 is 0 Å². The maximum Gasteiger partial charge on any atom is 0.119 e. The molecule has 1 unspecified atom stereocenters. The lowest BCUT2D eigenvalue weighted by Gasteiger charge is -2.28. The van der Waals surface area contributed by atoms with Gasteiger partial charge in [-0.1, -0.05) is 48.5 Å². The third-order valence-corrected chi connectivity index (χ3v) is 4.15. The lowest BCUT2D eigenvalue weighted by Crippen LogP contribution is -2.46. The first-order chi connectivity index (χ1) is 13.0. The van der Waals surface area contributed by atoms with Gasteiger partial charge in [0.1, 0.15) is 18.5 Å². The molecule has 0 saturated carbocycles. The largest absolute Gasteiger partial charge is 0.491 e. The minimum absolute atomic E-state index is 0.106. The molecule has 2 rings (SSSR count). The molecule has 1 atom stereocenters. The highest BCUT2D eigenvalue weighted by atomic mass is 16.5. The molecule has 0 spiro atoms. The summed E-state index contributed by atoms with van der Waals surface area (Å²) < 4.78 is 11.2. The molecule has 0 aliphatic heterocycles. The predicted molar refractivity (Wildman–Crippen MR) is 110 cm³/mol. The fourth-order valence-corrected chi connectivity index (χ4v) is 2.80. The van der Waals surface area contributed by atoms with Crippen molar-refractivity contribution < 1.29 is 14.6 Å². The molecule has 2 N–H and O–H groups in total. The van der Waals surface area contributed by atoms with Gasteiger partial charge in [-0.05, 0) is 43.5 Å². The van der Waals surface area contributed by atoms with Crippen LogP contribution in [0.3, 0.4) is 0 Å². The van der Waals surface area contributed by atoms with E-state index in [4.69, 9.17) is 9.47 Å². The maximum atomic E-state index is 10.3. The van der Waals surface area contributed by atoms with Crippen molar-refractivity contribution in [3.8, 4) is 5.75 Å². The second-order valence-electron chi connectivity index (χ2n) is 7.34. The average molecular weight is 370 g/mol. The van der Waals surface area contributed by atoms with Gasteiger partial charge in [-0.2, -0.15) is 0 Å². The first-order valence-corrected chi connectivity index (χ1v) is 9.36. The zero-order chi connectivity index (χ0) is 19.5. The molecule has 4 nitrogen and oxygen atoms in total. The Morgan fingerprint density at radius 1 is 1.11 bits per heavy atom. The molecule has 0 heterocycles. The van der Waals surface area contributed by atoms with Crippen LogP contribution in [0.4, 0.5) is 0 Å². The Bertz CT molecular complexity index is 685. The summed E-state index contributed by atoms with van der Waals surface area (Å²) in [5.74, 6) is 0.734. The summed E-state index contributed by atoms with van der Waals surface area (Å²) in [6.45, 7) is 9.66. The number of rotatable bonds is 12. The molecule has 2 aromatic carbocycles. The van der Waals surface area contributed by atoms with E-state index < -0.39 is 6.10 Å². The molecule has 0 bridgehead atoms. The van der Waals surface area contributed by atoms with Gasteiger partial charge in [0.15, 0.2) is 0 Å². The van der Waals surface area contributed by atoms with Crippen molar-refractivity contribution in [2.45, 2.75) is 38.5 Å². The quantitative estimate of drug-likeness (QED) is 0.442. The smallest absolute Gasteiger partial charge is 0.119 e. The molecule has 0 radical (unpaired) electrons. The van der Waals surface area contributed by atoms with Crippen molar-refractivity contribution in [1.82, 2.24) is 5.32 Å². The van der Waals surface area contributed by atoms with E-state index in [9.17, 15) is 5.11 Å². The van der Waals surface area contributed by atoms with Gasteiger partial charge in [0.2, 0.25) is 0 Å². The van der Waals surface area contributed by atoms with E-state index in [1.54, 1.807) is 6.08 Å². The fraction of sp³-hybridized carbons (Fsp3) is 0.391. The first kappa shape index (κ1) is 21.2. The van der Waals surface area contributed by atoms with Crippen molar-refractivity contribution in [3.63, 3.8) is 0 Å². The average Bonchev–Trinajstić information content (AvgIpc) is 2.66. The SMILES string of the molecule is C=CCOCc1cccc(OCC(O)CNC(C)(C)Cc2ccccc2)c1. The summed E-state index contributed by atoms with van der Waals surface area (Å²) >= 11 is 0. The van der Waals surface area contributed by atoms with Crippen LogP contribution < -0.4 is 10.1 Å². The summed E-state index contributed by atoms with van der Waals surface area (Å²) in [5, 5.41) is 13.7. The third kappa shape index (κ3) is 8.39. The zero-order valence-electron chi connectivity index (χ0n) is 16.4. The molecule has 146 valence electrons. The molecule has 0 amide bonds. The number of nitrogens with one attached hydrogen (secondary N) is 1. The summed E-state index contributed by atoms with van der Waals surface area (Å²) in [6.07, 6.45) is 2.04. The minimum Gasteiger partial charge on any atom is -0.491 e. The number of aliphatic hydroxyl groups excluding tert-OH is 1. The lowest BCUT2D eigenvalue weighted by atomic mass is 9.95. The molecule has 0 aliphatic carbocycles. The summed E-state index contributed by atoms with van der Waals surface area (Å²) in [4.78, 5) is 0. The summed E-state index contributed by atoms with van der Waals surface area (Å²) in [6, 6.07) is 18.1. The predicted octanol–water partition coefficient (Wildman–Crippen LogP) is 3.74. The van der Waals surface area contributed by atoms with E-state index in [0.717, 1.165) is 17.7 Å². The van der Waals surface area contributed by atoms with Crippen molar-refractivity contribution in [3.05, 3.63) is 78.4 Å². The van der Waals surface area contributed by atoms with Crippen LogP contribution in [-0.4, -0.2) is 36.5 Å². The van der Waals surface area contributed by atoms with Crippen LogP contribution in [0.5, 0.6) is 5.75 Å². The molecule has 4 heteroatoms. The van der Waals surface area contributed by atoms with E-state index in [1.165, 1.54) is 5.56 Å². The monoisotopic (exact) mass is 369 g/mol. The Labute approximate surface area is 162 Å². The Kier molecular flexibility index (Phi) is 8.52. The molecular formula is C23H31NO3. The molecule has 27 heavy (non-hydrogen) atoms. The maximum absolute atomic E-state index is 10.3. The summed E-state index contributed by atoms with van der Waals surface area (Å²) in [5.41, 5.74) is 2.20. The number of benzene rings is 2. The van der Waals surface area contributed by atoms with Crippen LogP contribution in [0.1, 0.15) is 25.0 Å². The van der Waals surface area contributed by atoms with Crippen molar-refractivity contribution in [2.24, 2.45) is 0 Å². The summed E-state index contributed by atoms with van der Waals surface area (Å²) in [7, 11) is 0.